The Morgan fingerprint density at radius 2 is 1.03 bits per heavy atom. The van der Waals surface area contributed by atoms with Crippen molar-refractivity contribution in [3.63, 3.8) is 0 Å². The van der Waals surface area contributed by atoms with Crippen molar-refractivity contribution >= 4 is 29.5 Å². The van der Waals surface area contributed by atoms with Crippen LogP contribution in [0.2, 0.25) is 0 Å². The smallest absolute Gasteiger partial charge is 0.246 e. The van der Waals surface area contributed by atoms with Crippen molar-refractivity contribution in [1.82, 2.24) is 41.7 Å². The minimum absolute atomic E-state index is 0.0353. The van der Waals surface area contributed by atoms with Gasteiger partial charge in [-0.05, 0) is 147 Å². The van der Waals surface area contributed by atoms with Gasteiger partial charge in [-0.15, -0.1) is 0 Å². The summed E-state index contributed by atoms with van der Waals surface area (Å²) in [5, 5.41) is 19.3. The molecule has 2 saturated heterocycles. The van der Waals surface area contributed by atoms with E-state index in [2.05, 4.69) is 92.6 Å². The molecule has 0 unspecified atom stereocenters. The average molecular weight is 931 g/mol. The van der Waals surface area contributed by atoms with Gasteiger partial charge in [-0.3, -0.25) is 29.3 Å². The molecule has 13 heteroatoms. The first-order valence-corrected chi connectivity index (χ1v) is 25.3. The lowest BCUT2D eigenvalue weighted by atomic mass is 9.81. The Bertz CT molecular complexity index is 2320. The van der Waals surface area contributed by atoms with Crippen LogP contribution in [0, 0.1) is 10.8 Å². The number of benzene rings is 3. The van der Waals surface area contributed by atoms with Crippen LogP contribution >= 0.6 is 0 Å². The molecule has 0 radical (unpaired) electrons. The molecular formula is C55H78N8O5. The first-order valence-electron chi connectivity index (χ1n) is 25.3. The molecule has 0 saturated carbocycles. The van der Waals surface area contributed by atoms with Gasteiger partial charge in [0.15, 0.2) is 0 Å². The van der Waals surface area contributed by atoms with Gasteiger partial charge in [-0.1, -0.05) is 102 Å². The molecule has 8 atom stereocenters. The largest absolute Gasteiger partial charge is 0.347 e. The molecule has 4 aliphatic rings. The molecule has 13 nitrogen and oxygen atoms in total. The molecule has 3 aromatic rings. The van der Waals surface area contributed by atoms with E-state index in [0.29, 0.717) is 19.5 Å². The van der Waals surface area contributed by atoms with Gasteiger partial charge in [-0.25, -0.2) is 0 Å². The van der Waals surface area contributed by atoms with E-state index in [1.54, 1.807) is 32.8 Å². The zero-order valence-electron chi connectivity index (χ0n) is 42.3. The molecule has 0 bridgehead atoms. The highest BCUT2D eigenvalue weighted by Crippen LogP contribution is 2.40. The molecule has 6 N–H and O–H groups in total. The third-order valence-corrected chi connectivity index (χ3v) is 15.1. The van der Waals surface area contributed by atoms with Gasteiger partial charge in [0.2, 0.25) is 29.5 Å². The maximum atomic E-state index is 14.2. The number of carbonyl (C=O) groups excluding carboxylic acids is 5. The number of fused-ring (bicyclic) bond motifs is 2. The summed E-state index contributed by atoms with van der Waals surface area (Å²) in [4.78, 5) is 72.0. The summed E-state index contributed by atoms with van der Waals surface area (Å²) < 4.78 is 0. The molecule has 3 aromatic carbocycles. The highest BCUT2D eigenvalue weighted by atomic mass is 16.2. The number of likely N-dealkylation sites (tertiary alicyclic amines) is 2. The standard InChI is InChI=1S/C55H78N8O5/c1-33(56-9)49(64)60-47(54(3,4)5)52(67)62-31-15-25-45(62)51(66)59-44-24-14-20-40-38(18-12-22-42(40)44)36-29-27-35(28-30-36)37-17-11-21-41-39(37)19-13-23-43(41)58-46-26-16-32-63(46)53(68)48(55(6,7)8)61-50(65)34(2)57-10/h11-12,17-18,21-22,27-30,33-34,43-48,56-58H,13-16,19-20,23-26,31-32H2,1-10H3,(H,59,66)(H,60,64)(H,61,65)/t33-,34-,43+,44+,45-,46-,47+,48+/m0/s1. The second kappa shape index (κ2) is 21.3. The van der Waals surface area contributed by atoms with Crippen LogP contribution in [-0.2, 0) is 36.8 Å². The lowest BCUT2D eigenvalue weighted by Gasteiger charge is -2.38. The molecule has 2 heterocycles. The van der Waals surface area contributed by atoms with Crippen LogP contribution in [0.15, 0.2) is 60.7 Å². The highest BCUT2D eigenvalue weighted by Gasteiger charge is 2.44. The molecule has 68 heavy (non-hydrogen) atoms. The third-order valence-electron chi connectivity index (χ3n) is 15.1. The average Bonchev–Trinajstić information content (AvgIpc) is 4.01. The fourth-order valence-electron chi connectivity index (χ4n) is 10.8. The van der Waals surface area contributed by atoms with Crippen molar-refractivity contribution in [2.24, 2.45) is 10.8 Å². The minimum Gasteiger partial charge on any atom is -0.347 e. The van der Waals surface area contributed by atoms with Gasteiger partial charge < -0.3 is 36.4 Å². The highest BCUT2D eigenvalue weighted by molar-refractivity contribution is 5.94. The summed E-state index contributed by atoms with van der Waals surface area (Å²) >= 11 is 0. The van der Waals surface area contributed by atoms with E-state index in [-0.39, 0.29) is 47.8 Å². The third kappa shape index (κ3) is 11.0. The summed E-state index contributed by atoms with van der Waals surface area (Å²) in [6, 6.07) is 19.0. The van der Waals surface area contributed by atoms with E-state index in [0.717, 1.165) is 68.9 Å². The van der Waals surface area contributed by atoms with Crippen molar-refractivity contribution in [3.05, 3.63) is 82.9 Å². The number of rotatable bonds is 14. The van der Waals surface area contributed by atoms with Crippen LogP contribution < -0.4 is 31.9 Å². The van der Waals surface area contributed by atoms with Crippen molar-refractivity contribution in [2.45, 2.75) is 168 Å². The van der Waals surface area contributed by atoms with Crippen LogP contribution in [0.4, 0.5) is 0 Å². The minimum atomic E-state index is -0.765. The number of carbonyl (C=O) groups is 5. The van der Waals surface area contributed by atoms with Crippen LogP contribution in [0.5, 0.6) is 0 Å². The van der Waals surface area contributed by atoms with Gasteiger partial charge in [0.25, 0.3) is 0 Å². The number of amides is 5. The van der Waals surface area contributed by atoms with E-state index in [1.165, 1.54) is 33.4 Å². The molecule has 0 spiro atoms. The number of nitrogens with one attached hydrogen (secondary N) is 6. The molecule has 5 amide bonds. The second-order valence-corrected chi connectivity index (χ2v) is 21.9. The predicted octanol–water partition coefficient (Wildman–Crippen LogP) is 6.70. The summed E-state index contributed by atoms with van der Waals surface area (Å²) in [5.74, 6) is -0.816. The Morgan fingerprint density at radius 3 is 1.53 bits per heavy atom. The van der Waals surface area contributed by atoms with Gasteiger partial charge in [0.05, 0.1) is 24.3 Å². The van der Waals surface area contributed by atoms with Crippen molar-refractivity contribution < 1.29 is 24.0 Å². The number of hydrogen-bond donors (Lipinski definition) is 6. The van der Waals surface area contributed by atoms with E-state index in [4.69, 9.17) is 0 Å². The zero-order valence-corrected chi connectivity index (χ0v) is 42.3. The van der Waals surface area contributed by atoms with Crippen molar-refractivity contribution in [2.75, 3.05) is 27.2 Å². The van der Waals surface area contributed by atoms with Gasteiger partial charge in [0.1, 0.15) is 18.1 Å². The molecule has 0 aromatic heterocycles. The maximum Gasteiger partial charge on any atom is 0.246 e. The molecule has 7 rings (SSSR count). The molecular weight excluding hydrogens is 853 g/mol. The quantitative estimate of drug-likeness (QED) is 0.104. The van der Waals surface area contributed by atoms with Crippen LogP contribution in [0.3, 0.4) is 0 Å². The monoisotopic (exact) mass is 931 g/mol. The van der Waals surface area contributed by atoms with Gasteiger partial charge >= 0.3 is 0 Å². The first kappa shape index (κ1) is 50.8. The molecule has 2 aliphatic carbocycles. The topological polar surface area (TPSA) is 164 Å². The Balaban J connectivity index is 1.05. The lowest BCUT2D eigenvalue weighted by molar-refractivity contribution is -0.144. The van der Waals surface area contributed by atoms with E-state index in [1.807, 2.05) is 46.4 Å². The number of hydrogen-bond acceptors (Lipinski definition) is 8. The maximum absolute atomic E-state index is 14.2. The first-order chi connectivity index (χ1) is 32.3. The summed E-state index contributed by atoms with van der Waals surface area (Å²) in [6.45, 7) is 16.5. The molecule has 368 valence electrons. The van der Waals surface area contributed by atoms with Crippen LogP contribution in [-0.4, -0.2) is 103 Å². The van der Waals surface area contributed by atoms with Gasteiger partial charge in [0, 0.05) is 19.1 Å². The summed E-state index contributed by atoms with van der Waals surface area (Å²) in [6.07, 6.45) is 8.65. The number of nitrogens with zero attached hydrogens (tertiary/aromatic N) is 2. The number of likely N-dealkylation sites (N-methyl/N-ethyl adjacent to an activating group) is 2. The lowest BCUT2D eigenvalue weighted by Crippen LogP contribution is -2.59. The fraction of sp³-hybridized carbons (Fsp3) is 0.582. The second-order valence-electron chi connectivity index (χ2n) is 21.9. The van der Waals surface area contributed by atoms with Crippen LogP contribution in [0.25, 0.3) is 22.3 Å². The molecule has 2 fully saturated rings. The van der Waals surface area contributed by atoms with Crippen molar-refractivity contribution in [3.8, 4) is 22.3 Å². The normalized spacial score (nSPS) is 22.3. The Morgan fingerprint density at radius 1 is 0.574 bits per heavy atom. The van der Waals surface area contributed by atoms with Crippen LogP contribution in [0.1, 0.15) is 141 Å². The SMILES string of the molecule is CN[C@@H](C)C(=O)N[C@H](C(=O)N1CCC[C@H]1N[C@@H]1CCCc2c(-c3ccc(-c4cccc5c4CCC[C@H]5NC(=O)[C@@H]4CCCN4C(=O)[C@@H](NC(=O)[C@H](C)NC)C(C)(C)C)cc3)cccc21)C(C)(C)C. The zero-order chi connectivity index (χ0) is 49.1. The van der Waals surface area contributed by atoms with E-state index < -0.39 is 41.0 Å². The fourth-order valence-corrected chi connectivity index (χ4v) is 10.8. The Hall–Kier alpha value is -5.11. The Kier molecular flexibility index (Phi) is 15.9. The predicted molar refractivity (Wildman–Crippen MR) is 269 cm³/mol. The summed E-state index contributed by atoms with van der Waals surface area (Å²) in [7, 11) is 3.46. The Labute approximate surface area is 405 Å². The van der Waals surface area contributed by atoms with E-state index >= 15 is 0 Å². The van der Waals surface area contributed by atoms with Gasteiger partial charge in [-0.2, -0.15) is 0 Å². The molecule has 2 aliphatic heterocycles. The van der Waals surface area contributed by atoms with Crippen molar-refractivity contribution in [1.29, 1.82) is 0 Å². The van der Waals surface area contributed by atoms with E-state index in [9.17, 15) is 24.0 Å². The summed E-state index contributed by atoms with van der Waals surface area (Å²) in [5.41, 5.74) is 8.71.